The number of carbonyl (C=O) groups is 5. The molecule has 3 rings (SSSR count). The summed E-state index contributed by atoms with van der Waals surface area (Å²) in [6.07, 6.45) is 2.19. The molecule has 45 heavy (non-hydrogen) atoms. The summed E-state index contributed by atoms with van der Waals surface area (Å²) in [6, 6.07) is 11.2. The summed E-state index contributed by atoms with van der Waals surface area (Å²) >= 11 is 0. The molecule has 1 unspecified atom stereocenters. The average molecular weight is 628 g/mol. The molecule has 0 saturated heterocycles. The Morgan fingerprint density at radius 1 is 1.00 bits per heavy atom. The summed E-state index contributed by atoms with van der Waals surface area (Å²) in [5.41, 5.74) is 4.78. The number of hydroxylamine groups is 2. The molecule has 2 aromatic carbocycles. The van der Waals surface area contributed by atoms with Gasteiger partial charge in [0.05, 0.1) is 13.2 Å². The molecule has 0 aliphatic heterocycles. The molecule has 12 heteroatoms. The van der Waals surface area contributed by atoms with Crippen LogP contribution >= 0.6 is 0 Å². The number of fused-ring (bicyclic) bond motifs is 3. The minimum Gasteiger partial charge on any atom is -0.432 e. The summed E-state index contributed by atoms with van der Waals surface area (Å²) in [5.74, 6) is -0.991. The van der Waals surface area contributed by atoms with Gasteiger partial charge >= 0.3 is 6.16 Å². The molecular formula is C33H45N3O9. The van der Waals surface area contributed by atoms with Crippen molar-refractivity contribution in [2.45, 2.75) is 44.9 Å². The summed E-state index contributed by atoms with van der Waals surface area (Å²) < 4.78 is 15.4. The van der Waals surface area contributed by atoms with Gasteiger partial charge in [0, 0.05) is 64.6 Å². The molecule has 246 valence electrons. The zero-order chi connectivity index (χ0) is 33.0. The van der Waals surface area contributed by atoms with E-state index in [2.05, 4.69) is 17.6 Å². The van der Waals surface area contributed by atoms with Crippen molar-refractivity contribution in [1.82, 2.24) is 15.7 Å². The third-order valence-electron chi connectivity index (χ3n) is 6.91. The van der Waals surface area contributed by atoms with Gasteiger partial charge in [0.2, 0.25) is 5.91 Å². The smallest absolute Gasteiger partial charge is 0.432 e. The number of amides is 2. The second-order valence-electron chi connectivity index (χ2n) is 10.2. The van der Waals surface area contributed by atoms with E-state index in [-0.39, 0.29) is 31.3 Å². The van der Waals surface area contributed by atoms with Crippen molar-refractivity contribution in [2.75, 3.05) is 60.7 Å². The van der Waals surface area contributed by atoms with Gasteiger partial charge in [-0.05, 0) is 47.7 Å². The number of benzene rings is 2. The average Bonchev–Trinajstić information content (AvgIpc) is 3.36. The molecule has 0 saturated carbocycles. The summed E-state index contributed by atoms with van der Waals surface area (Å²) in [4.78, 5) is 63.4. The first-order valence-corrected chi connectivity index (χ1v) is 15.0. The Morgan fingerprint density at radius 3 is 2.49 bits per heavy atom. The molecular weight excluding hydrogens is 582 g/mol. The van der Waals surface area contributed by atoms with Crippen molar-refractivity contribution < 1.29 is 43.0 Å². The van der Waals surface area contributed by atoms with Crippen LogP contribution in [-0.2, 0) is 39.9 Å². The third kappa shape index (κ3) is 12.1. The second-order valence-corrected chi connectivity index (χ2v) is 10.2. The Bertz CT molecular complexity index is 1260. The lowest BCUT2D eigenvalue weighted by Gasteiger charge is -2.18. The number of nitrogens with zero attached hydrogens (tertiary/aromatic N) is 1. The van der Waals surface area contributed by atoms with Gasteiger partial charge in [-0.3, -0.25) is 14.4 Å². The fraction of sp³-hybridized carbons (Fsp3) is 0.485. The van der Waals surface area contributed by atoms with Gasteiger partial charge < -0.3 is 34.5 Å². The minimum atomic E-state index is -1.06. The van der Waals surface area contributed by atoms with Crippen LogP contribution in [0.25, 0.3) is 11.1 Å². The first-order chi connectivity index (χ1) is 21.8. The van der Waals surface area contributed by atoms with Crippen molar-refractivity contribution in [2.24, 2.45) is 0 Å². The molecule has 0 fully saturated rings. The van der Waals surface area contributed by atoms with E-state index >= 15 is 0 Å². The monoisotopic (exact) mass is 627 g/mol. The first-order valence-electron chi connectivity index (χ1n) is 15.0. The van der Waals surface area contributed by atoms with Crippen LogP contribution in [0.5, 0.6) is 0 Å². The second kappa shape index (κ2) is 20.8. The van der Waals surface area contributed by atoms with Crippen LogP contribution in [0.15, 0.2) is 36.4 Å². The van der Waals surface area contributed by atoms with Crippen LogP contribution in [0, 0.1) is 0 Å². The predicted molar refractivity (Wildman–Crippen MR) is 168 cm³/mol. The topological polar surface area (TPSA) is 150 Å². The number of aldehydes is 2. The van der Waals surface area contributed by atoms with Crippen LogP contribution in [-0.4, -0.2) is 96.3 Å². The normalized spacial score (nSPS) is 12.6. The van der Waals surface area contributed by atoms with Crippen LogP contribution in [0.3, 0.4) is 0 Å². The van der Waals surface area contributed by atoms with E-state index in [1.54, 1.807) is 19.2 Å². The van der Waals surface area contributed by atoms with Crippen LogP contribution in [0.2, 0.25) is 0 Å². The minimum absolute atomic E-state index is 0.0213. The summed E-state index contributed by atoms with van der Waals surface area (Å²) in [5, 5.41) is 6.53. The van der Waals surface area contributed by atoms with Gasteiger partial charge in [-0.2, -0.15) is 5.06 Å². The number of likely N-dealkylation sites (N-methyl/N-ethyl adjacent to an activating group) is 1. The maximum absolute atomic E-state index is 12.3. The molecule has 0 heterocycles. The molecule has 2 N–H and O–H groups in total. The zero-order valence-corrected chi connectivity index (χ0v) is 26.6. The number of nitrogens with one attached hydrogen (secondary N) is 2. The van der Waals surface area contributed by atoms with E-state index in [1.807, 2.05) is 31.3 Å². The first kappa shape index (κ1) is 37.1. The Hall–Kier alpha value is -4.13. The molecule has 1 aliphatic carbocycles. The lowest BCUT2D eigenvalue weighted by atomic mass is 9.95. The standard InChI is InChI=1S/C27H30N2O8.C6H15NO/c1-29(25(33)7-4-13-30)37-27(34)36-17-23-20-6-3-5-19(16-31)26(20)21-10-8-18(15-22(21)23)9-11-24(32)28-12-14-35-2;1-3-5-8-6-4-7-2/h3,5-6,8,10,13,15-16,23H,4,7,9,11-12,14,17H2,1-2H3,(H,28,32);7H,3-6H2,1-2H3. The quantitative estimate of drug-likeness (QED) is 0.116. The van der Waals surface area contributed by atoms with E-state index in [1.165, 1.54) is 7.05 Å². The molecule has 0 spiro atoms. The van der Waals surface area contributed by atoms with Crippen molar-refractivity contribution >= 4 is 30.5 Å². The molecule has 0 aromatic heterocycles. The van der Waals surface area contributed by atoms with Crippen LogP contribution < -0.4 is 10.6 Å². The highest BCUT2D eigenvalue weighted by Gasteiger charge is 2.32. The number of aryl methyl sites for hydroxylation is 1. The van der Waals surface area contributed by atoms with E-state index < -0.39 is 12.1 Å². The number of carbonyl (C=O) groups excluding carboxylic acids is 5. The van der Waals surface area contributed by atoms with Gasteiger partial charge in [0.1, 0.15) is 12.9 Å². The van der Waals surface area contributed by atoms with Gasteiger partial charge in [0.15, 0.2) is 6.29 Å². The number of methoxy groups -OCH3 is 1. The SMILES string of the molecule is CCCOCCNC.COCCNC(=O)CCc1ccc2c(c1)C(COC(=O)ON(C)C(=O)CCC=O)c1cccc(C=O)c1-2. The maximum atomic E-state index is 12.3. The largest absolute Gasteiger partial charge is 0.533 e. The Labute approximate surface area is 264 Å². The van der Waals surface area contributed by atoms with E-state index in [0.717, 1.165) is 65.3 Å². The van der Waals surface area contributed by atoms with Crippen LogP contribution in [0.4, 0.5) is 4.79 Å². The van der Waals surface area contributed by atoms with Crippen LogP contribution in [0.1, 0.15) is 65.6 Å². The Kier molecular flexibility index (Phi) is 17.1. The van der Waals surface area contributed by atoms with Gasteiger partial charge in [-0.15, -0.1) is 0 Å². The van der Waals surface area contributed by atoms with E-state index in [4.69, 9.17) is 19.0 Å². The fourth-order valence-electron chi connectivity index (χ4n) is 4.66. The lowest BCUT2D eigenvalue weighted by molar-refractivity contribution is -0.166. The molecule has 2 aromatic rings. The van der Waals surface area contributed by atoms with Crippen molar-refractivity contribution in [3.8, 4) is 11.1 Å². The highest BCUT2D eigenvalue weighted by Crippen LogP contribution is 2.46. The molecule has 1 atom stereocenters. The number of rotatable bonds is 17. The fourth-order valence-corrected chi connectivity index (χ4v) is 4.66. The predicted octanol–water partition coefficient (Wildman–Crippen LogP) is 3.44. The Morgan fingerprint density at radius 2 is 1.80 bits per heavy atom. The molecule has 0 bridgehead atoms. The van der Waals surface area contributed by atoms with Gasteiger partial charge in [-0.25, -0.2) is 4.79 Å². The summed E-state index contributed by atoms with van der Waals surface area (Å²) in [7, 11) is 4.76. The number of hydrogen-bond acceptors (Lipinski definition) is 10. The maximum Gasteiger partial charge on any atom is 0.533 e. The highest BCUT2D eigenvalue weighted by atomic mass is 16.8. The van der Waals surface area contributed by atoms with Crippen molar-refractivity contribution in [1.29, 1.82) is 0 Å². The van der Waals surface area contributed by atoms with E-state index in [0.29, 0.717) is 37.8 Å². The van der Waals surface area contributed by atoms with Crippen molar-refractivity contribution in [3.63, 3.8) is 0 Å². The number of ether oxygens (including phenoxy) is 3. The lowest BCUT2D eigenvalue weighted by Crippen LogP contribution is -2.30. The highest BCUT2D eigenvalue weighted by molar-refractivity contribution is 5.93. The number of hydrogen-bond donors (Lipinski definition) is 2. The van der Waals surface area contributed by atoms with Gasteiger partial charge in [-0.1, -0.05) is 43.3 Å². The molecule has 2 amide bonds. The third-order valence-corrected chi connectivity index (χ3v) is 6.91. The zero-order valence-electron chi connectivity index (χ0n) is 26.6. The Balaban J connectivity index is 0.000000777. The van der Waals surface area contributed by atoms with E-state index in [9.17, 15) is 24.0 Å². The van der Waals surface area contributed by atoms with Gasteiger partial charge in [0.25, 0.3) is 5.91 Å². The molecule has 1 aliphatic rings. The molecule has 12 nitrogen and oxygen atoms in total. The summed E-state index contributed by atoms with van der Waals surface area (Å²) in [6.45, 7) is 5.59. The van der Waals surface area contributed by atoms with Crippen molar-refractivity contribution in [3.05, 3.63) is 58.7 Å². The molecule has 0 radical (unpaired) electrons.